The van der Waals surface area contributed by atoms with Crippen LogP contribution in [-0.4, -0.2) is 49.0 Å². The fourth-order valence-electron chi connectivity index (χ4n) is 1.59. The summed E-state index contributed by atoms with van der Waals surface area (Å²) in [6.45, 7) is 4.82. The molecule has 0 aliphatic carbocycles. The fourth-order valence-corrected chi connectivity index (χ4v) is 2.25. The lowest BCUT2D eigenvalue weighted by atomic mass is 10.1. The van der Waals surface area contributed by atoms with Crippen molar-refractivity contribution in [2.24, 2.45) is 0 Å². The summed E-state index contributed by atoms with van der Waals surface area (Å²) in [6.07, 6.45) is 5.30. The Hall–Kier alpha value is -0.0300. The lowest BCUT2D eigenvalue weighted by Crippen LogP contribution is -2.39. The Morgan fingerprint density at radius 1 is 1.67 bits per heavy atom. The van der Waals surface area contributed by atoms with Gasteiger partial charge in [0.25, 0.3) is 0 Å². The molecule has 1 rings (SSSR count). The van der Waals surface area contributed by atoms with Crippen LogP contribution < -0.4 is 5.32 Å². The molecule has 0 saturated heterocycles. The fraction of sp³-hybridized carbons (Fsp3) is 0.818. The molecule has 4 heteroatoms. The molecule has 0 saturated carbocycles. The van der Waals surface area contributed by atoms with Gasteiger partial charge in [-0.15, -0.1) is 0 Å². The zero-order valence-corrected chi connectivity index (χ0v) is 10.3. The highest BCUT2D eigenvalue weighted by Crippen LogP contribution is 2.11. The molecule has 0 amide bonds. The monoisotopic (exact) mass is 231 g/mol. The van der Waals surface area contributed by atoms with E-state index < -0.39 is 0 Å². The molecule has 0 aromatic rings. The topological polar surface area (TPSA) is 41.5 Å². The molecule has 0 spiro atoms. The van der Waals surface area contributed by atoms with Crippen LogP contribution in [0.25, 0.3) is 0 Å². The normalized spacial score (nSPS) is 20.9. The number of aliphatic hydroxyl groups is 1. The van der Waals surface area contributed by atoms with E-state index in [1.807, 2.05) is 6.26 Å². The van der Waals surface area contributed by atoms with Crippen LogP contribution in [-0.2, 0) is 4.74 Å². The van der Waals surface area contributed by atoms with E-state index in [4.69, 9.17) is 9.84 Å². The Balaban J connectivity index is 2.25. The summed E-state index contributed by atoms with van der Waals surface area (Å²) in [5.41, 5.74) is 1.32. The first kappa shape index (κ1) is 13.0. The molecule has 1 heterocycles. The van der Waals surface area contributed by atoms with Crippen LogP contribution in [0.1, 0.15) is 13.3 Å². The minimum absolute atomic E-state index is 0.227. The molecule has 2 N–H and O–H groups in total. The number of hydrogen-bond acceptors (Lipinski definition) is 4. The molecule has 1 aliphatic rings. The van der Waals surface area contributed by atoms with Gasteiger partial charge in [-0.3, -0.25) is 0 Å². The average molecular weight is 231 g/mol. The molecule has 3 nitrogen and oxygen atoms in total. The summed E-state index contributed by atoms with van der Waals surface area (Å²) in [5, 5.41) is 12.8. The van der Waals surface area contributed by atoms with E-state index in [1.54, 1.807) is 11.8 Å². The van der Waals surface area contributed by atoms with Crippen LogP contribution in [0.4, 0.5) is 0 Å². The summed E-state index contributed by atoms with van der Waals surface area (Å²) in [4.78, 5) is 0. The van der Waals surface area contributed by atoms with Crippen LogP contribution in [0.15, 0.2) is 11.6 Å². The second-order valence-corrected chi connectivity index (χ2v) is 4.91. The van der Waals surface area contributed by atoms with E-state index in [0.29, 0.717) is 6.04 Å². The number of thioether (sulfide) groups is 1. The van der Waals surface area contributed by atoms with Gasteiger partial charge in [-0.05, 0) is 25.2 Å². The molecule has 0 bridgehead atoms. The Morgan fingerprint density at radius 2 is 2.47 bits per heavy atom. The molecular weight excluding hydrogens is 210 g/mol. The van der Waals surface area contributed by atoms with Gasteiger partial charge in [0.05, 0.1) is 19.8 Å². The Labute approximate surface area is 96.3 Å². The first-order valence-corrected chi connectivity index (χ1v) is 6.69. The summed E-state index contributed by atoms with van der Waals surface area (Å²) in [6, 6.07) is 0.327. The van der Waals surface area contributed by atoms with E-state index in [1.165, 1.54) is 5.57 Å². The van der Waals surface area contributed by atoms with Crippen molar-refractivity contribution in [2.45, 2.75) is 24.6 Å². The molecule has 2 atom stereocenters. The van der Waals surface area contributed by atoms with Gasteiger partial charge >= 0.3 is 0 Å². The van der Waals surface area contributed by atoms with Gasteiger partial charge in [-0.1, -0.05) is 6.08 Å². The third kappa shape index (κ3) is 4.55. The smallest absolute Gasteiger partial charge is 0.0689 e. The van der Waals surface area contributed by atoms with Crippen LogP contribution in [0.5, 0.6) is 0 Å². The molecule has 0 aromatic heterocycles. The van der Waals surface area contributed by atoms with Crippen molar-refractivity contribution in [3.8, 4) is 0 Å². The van der Waals surface area contributed by atoms with Crippen molar-refractivity contribution in [3.63, 3.8) is 0 Å². The van der Waals surface area contributed by atoms with Crippen LogP contribution in [0, 0.1) is 0 Å². The molecule has 2 unspecified atom stereocenters. The minimum atomic E-state index is 0.227. The highest BCUT2D eigenvalue weighted by molar-refractivity contribution is 7.99. The van der Waals surface area contributed by atoms with Crippen LogP contribution in [0.2, 0.25) is 0 Å². The second-order valence-electron chi connectivity index (χ2n) is 3.83. The van der Waals surface area contributed by atoms with E-state index in [-0.39, 0.29) is 11.9 Å². The van der Waals surface area contributed by atoms with E-state index in [0.717, 1.165) is 26.2 Å². The van der Waals surface area contributed by atoms with E-state index >= 15 is 0 Å². The molecule has 0 radical (unpaired) electrons. The highest BCUT2D eigenvalue weighted by atomic mass is 32.2. The molecule has 0 aromatic carbocycles. The van der Waals surface area contributed by atoms with Gasteiger partial charge in [0.1, 0.15) is 0 Å². The van der Waals surface area contributed by atoms with Crippen LogP contribution >= 0.6 is 11.8 Å². The molecule has 15 heavy (non-hydrogen) atoms. The third-order valence-corrected chi connectivity index (χ3v) is 3.84. The number of ether oxygens (including phenoxy) is 1. The first-order chi connectivity index (χ1) is 7.27. The van der Waals surface area contributed by atoms with Crippen LogP contribution in [0.3, 0.4) is 0 Å². The Kier molecular flexibility index (Phi) is 6.32. The van der Waals surface area contributed by atoms with Crippen molar-refractivity contribution in [3.05, 3.63) is 11.6 Å². The summed E-state index contributed by atoms with van der Waals surface area (Å²) in [7, 11) is 0. The SMILES string of the molecule is CSC(CO)C(C)NCC1=CCCOC1. The molecular formula is C11H21NO2S. The quantitative estimate of drug-likeness (QED) is 0.670. The maximum atomic E-state index is 9.13. The predicted molar refractivity (Wildman–Crippen MR) is 65.4 cm³/mol. The second kappa shape index (κ2) is 7.28. The average Bonchev–Trinajstić information content (AvgIpc) is 2.29. The Morgan fingerprint density at radius 3 is 3.00 bits per heavy atom. The van der Waals surface area contributed by atoms with E-state index in [2.05, 4.69) is 18.3 Å². The molecule has 0 fully saturated rings. The van der Waals surface area contributed by atoms with Gasteiger partial charge in [0.15, 0.2) is 0 Å². The Bertz CT molecular complexity index is 205. The van der Waals surface area contributed by atoms with Crippen molar-refractivity contribution in [1.82, 2.24) is 5.32 Å². The maximum absolute atomic E-state index is 9.13. The van der Waals surface area contributed by atoms with Gasteiger partial charge in [0.2, 0.25) is 0 Å². The zero-order chi connectivity index (χ0) is 11.1. The summed E-state index contributed by atoms with van der Waals surface area (Å²) in [5.74, 6) is 0. The lowest BCUT2D eigenvalue weighted by Gasteiger charge is -2.23. The number of nitrogens with one attached hydrogen (secondary N) is 1. The van der Waals surface area contributed by atoms with Crippen molar-refractivity contribution in [1.29, 1.82) is 0 Å². The minimum Gasteiger partial charge on any atom is -0.395 e. The molecule has 88 valence electrons. The van der Waals surface area contributed by atoms with E-state index in [9.17, 15) is 0 Å². The van der Waals surface area contributed by atoms with Gasteiger partial charge in [-0.25, -0.2) is 0 Å². The third-order valence-electron chi connectivity index (χ3n) is 2.67. The first-order valence-electron chi connectivity index (χ1n) is 5.40. The molecule has 1 aliphatic heterocycles. The number of aliphatic hydroxyl groups excluding tert-OH is 1. The maximum Gasteiger partial charge on any atom is 0.0689 e. The van der Waals surface area contributed by atoms with Crippen molar-refractivity contribution < 1.29 is 9.84 Å². The lowest BCUT2D eigenvalue weighted by molar-refractivity contribution is 0.148. The summed E-state index contributed by atoms with van der Waals surface area (Å²) >= 11 is 1.70. The predicted octanol–water partition coefficient (Wildman–Crippen LogP) is 1.04. The zero-order valence-electron chi connectivity index (χ0n) is 9.53. The summed E-state index contributed by atoms with van der Waals surface area (Å²) < 4.78 is 5.36. The van der Waals surface area contributed by atoms with Gasteiger partial charge in [-0.2, -0.15) is 11.8 Å². The largest absolute Gasteiger partial charge is 0.395 e. The highest BCUT2D eigenvalue weighted by Gasteiger charge is 2.15. The van der Waals surface area contributed by atoms with Crippen molar-refractivity contribution in [2.75, 3.05) is 32.6 Å². The standard InChI is InChI=1S/C11H21NO2S/c1-9(11(7-13)15-2)12-6-10-4-3-5-14-8-10/h4,9,11-13H,3,5-8H2,1-2H3. The van der Waals surface area contributed by atoms with Crippen molar-refractivity contribution >= 4 is 11.8 Å². The number of rotatable bonds is 6. The van der Waals surface area contributed by atoms with Gasteiger partial charge in [0, 0.05) is 17.8 Å². The number of hydrogen-bond donors (Lipinski definition) is 2. The van der Waals surface area contributed by atoms with Gasteiger partial charge < -0.3 is 15.2 Å².